The van der Waals surface area contributed by atoms with Crippen LogP contribution >= 0.6 is 22.9 Å². The molecule has 3 rings (SSSR count). The van der Waals surface area contributed by atoms with E-state index in [4.69, 9.17) is 21.3 Å². The maximum Gasteiger partial charge on any atom is 0.191 e. The molecule has 146 valence electrons. The summed E-state index contributed by atoms with van der Waals surface area (Å²) in [5.74, 6) is 0.809. The number of halogens is 1. The first-order valence-electron chi connectivity index (χ1n) is 9.39. The van der Waals surface area contributed by atoms with Gasteiger partial charge in [-0.3, -0.25) is 0 Å². The number of aromatic nitrogens is 1. The van der Waals surface area contributed by atoms with E-state index in [9.17, 15) is 0 Å². The topological polar surface area (TPSA) is 58.5 Å². The fourth-order valence-electron chi connectivity index (χ4n) is 3.41. The monoisotopic (exact) mass is 406 g/mol. The molecule has 1 fully saturated rings. The average molecular weight is 407 g/mol. The minimum atomic E-state index is -0.0510. The highest BCUT2D eigenvalue weighted by Gasteiger charge is 2.36. The van der Waals surface area contributed by atoms with Gasteiger partial charge >= 0.3 is 0 Å². The lowest BCUT2D eigenvalue weighted by atomic mass is 9.74. The summed E-state index contributed by atoms with van der Waals surface area (Å²) in [5, 5.41) is 8.71. The van der Waals surface area contributed by atoms with Crippen LogP contribution in [0.3, 0.4) is 0 Å². The molecule has 7 heteroatoms. The summed E-state index contributed by atoms with van der Waals surface area (Å²) in [6.07, 6.45) is 3.77. The van der Waals surface area contributed by atoms with Gasteiger partial charge in [0, 0.05) is 47.8 Å². The molecule has 0 aliphatic carbocycles. The lowest BCUT2D eigenvalue weighted by molar-refractivity contribution is 0.0514. The van der Waals surface area contributed by atoms with E-state index in [1.165, 1.54) is 10.4 Å². The largest absolute Gasteiger partial charge is 0.381 e. The van der Waals surface area contributed by atoms with Crippen molar-refractivity contribution in [3.63, 3.8) is 0 Å². The van der Waals surface area contributed by atoms with Gasteiger partial charge in [-0.15, -0.1) is 11.3 Å². The van der Waals surface area contributed by atoms with Crippen molar-refractivity contribution in [1.29, 1.82) is 0 Å². The number of aryl methyl sites for hydroxylation is 1. The maximum absolute atomic E-state index is 6.55. The summed E-state index contributed by atoms with van der Waals surface area (Å²) in [4.78, 5) is 10.3. The highest BCUT2D eigenvalue weighted by Crippen LogP contribution is 2.38. The predicted octanol–water partition coefficient (Wildman–Crippen LogP) is 3.91. The van der Waals surface area contributed by atoms with Crippen molar-refractivity contribution in [1.82, 2.24) is 15.6 Å². The molecule has 0 bridgehead atoms. The van der Waals surface area contributed by atoms with Crippen LogP contribution in [0.25, 0.3) is 0 Å². The molecule has 0 atom stereocenters. The van der Waals surface area contributed by atoms with Gasteiger partial charge in [-0.2, -0.15) is 0 Å². The Morgan fingerprint density at radius 2 is 2.07 bits per heavy atom. The molecule has 27 heavy (non-hydrogen) atoms. The number of guanidine groups is 1. The van der Waals surface area contributed by atoms with Crippen LogP contribution in [0.15, 0.2) is 35.5 Å². The summed E-state index contributed by atoms with van der Waals surface area (Å²) >= 11 is 8.23. The molecule has 1 aliphatic rings. The van der Waals surface area contributed by atoms with Gasteiger partial charge in [-0.05, 0) is 38.3 Å². The van der Waals surface area contributed by atoms with Crippen molar-refractivity contribution < 1.29 is 4.74 Å². The quantitative estimate of drug-likeness (QED) is 0.564. The molecule has 1 aromatic heterocycles. The number of hydrogen-bond acceptors (Lipinski definition) is 4. The zero-order chi connectivity index (χ0) is 19.1. The second-order valence-electron chi connectivity index (χ2n) is 6.79. The lowest BCUT2D eigenvalue weighted by Crippen LogP contribution is -2.48. The van der Waals surface area contributed by atoms with E-state index in [1.807, 2.05) is 18.3 Å². The molecule has 2 aromatic rings. The normalized spacial score (nSPS) is 16.9. The van der Waals surface area contributed by atoms with E-state index in [2.05, 4.69) is 41.6 Å². The summed E-state index contributed by atoms with van der Waals surface area (Å²) < 4.78 is 5.62. The maximum atomic E-state index is 6.55. The van der Waals surface area contributed by atoms with Crippen molar-refractivity contribution in [2.45, 2.75) is 38.6 Å². The molecule has 1 aliphatic heterocycles. The van der Waals surface area contributed by atoms with Crippen molar-refractivity contribution in [3.05, 3.63) is 50.9 Å². The summed E-state index contributed by atoms with van der Waals surface area (Å²) in [7, 11) is 0. The summed E-state index contributed by atoms with van der Waals surface area (Å²) in [5.41, 5.74) is 1.14. The van der Waals surface area contributed by atoms with Crippen molar-refractivity contribution >= 4 is 28.9 Å². The van der Waals surface area contributed by atoms with Crippen LogP contribution in [0.5, 0.6) is 0 Å². The van der Waals surface area contributed by atoms with Crippen LogP contribution in [-0.4, -0.2) is 37.2 Å². The number of aliphatic imine (C=N–C) groups is 1. The van der Waals surface area contributed by atoms with Gasteiger partial charge in [0.1, 0.15) is 5.01 Å². The number of thiazole rings is 1. The van der Waals surface area contributed by atoms with Crippen LogP contribution in [0.4, 0.5) is 0 Å². The van der Waals surface area contributed by atoms with Gasteiger partial charge in [0.05, 0.1) is 6.54 Å². The smallest absolute Gasteiger partial charge is 0.191 e. The Hall–Kier alpha value is -1.63. The lowest BCUT2D eigenvalue weighted by Gasteiger charge is -2.38. The van der Waals surface area contributed by atoms with Crippen LogP contribution in [0, 0.1) is 6.92 Å². The number of nitrogens with zero attached hydrogens (tertiary/aromatic N) is 2. The Balaban J connectivity index is 1.75. The zero-order valence-electron chi connectivity index (χ0n) is 15.9. The second-order valence-corrected chi connectivity index (χ2v) is 8.51. The molecular formula is C20H27ClN4OS. The number of benzene rings is 1. The highest BCUT2D eigenvalue weighted by atomic mass is 35.5. The van der Waals surface area contributed by atoms with Gasteiger partial charge in [-0.25, -0.2) is 9.98 Å². The van der Waals surface area contributed by atoms with Crippen LogP contribution in [0.1, 0.15) is 35.2 Å². The molecule has 1 aromatic carbocycles. The van der Waals surface area contributed by atoms with Crippen LogP contribution in [-0.2, 0) is 16.7 Å². The first-order chi connectivity index (χ1) is 13.1. The third kappa shape index (κ3) is 5.21. The number of hydrogen-bond donors (Lipinski definition) is 2. The Labute approximate surface area is 170 Å². The first kappa shape index (κ1) is 20.1. The highest BCUT2D eigenvalue weighted by molar-refractivity contribution is 7.11. The fraction of sp³-hybridized carbons (Fsp3) is 0.500. The molecule has 2 heterocycles. The van der Waals surface area contributed by atoms with Crippen molar-refractivity contribution in [3.8, 4) is 0 Å². The molecule has 0 saturated carbocycles. The standard InChI is InChI=1S/C20H27ClN4OS/c1-3-22-19(24-13-18-23-12-15(2)27-18)25-14-20(8-10-26-11-9-20)16-6-4-5-7-17(16)21/h4-7,12H,3,8-11,13-14H2,1-2H3,(H2,22,24,25). The molecule has 0 spiro atoms. The Bertz CT molecular complexity index is 771. The number of nitrogens with one attached hydrogen (secondary N) is 2. The Morgan fingerprint density at radius 1 is 1.30 bits per heavy atom. The molecule has 0 unspecified atom stereocenters. The SMILES string of the molecule is CCNC(=NCc1ncc(C)s1)NCC1(c2ccccc2Cl)CCOCC1. The van der Waals surface area contributed by atoms with E-state index < -0.39 is 0 Å². The molecule has 2 N–H and O–H groups in total. The zero-order valence-corrected chi connectivity index (χ0v) is 17.5. The van der Waals surface area contributed by atoms with Gasteiger partial charge < -0.3 is 15.4 Å². The van der Waals surface area contributed by atoms with Crippen LogP contribution in [0.2, 0.25) is 5.02 Å². The van der Waals surface area contributed by atoms with Gasteiger partial charge in [0.15, 0.2) is 5.96 Å². The van der Waals surface area contributed by atoms with Gasteiger partial charge in [0.2, 0.25) is 0 Å². The second kappa shape index (κ2) is 9.53. The third-order valence-electron chi connectivity index (χ3n) is 4.88. The molecule has 5 nitrogen and oxygen atoms in total. The van der Waals surface area contributed by atoms with E-state index in [1.54, 1.807) is 11.3 Å². The number of ether oxygens (including phenoxy) is 1. The summed E-state index contributed by atoms with van der Waals surface area (Å²) in [6.45, 7) is 7.79. The average Bonchev–Trinajstić information content (AvgIpc) is 3.10. The van der Waals surface area contributed by atoms with Gasteiger partial charge in [-0.1, -0.05) is 29.8 Å². The van der Waals surface area contributed by atoms with E-state index in [0.29, 0.717) is 6.54 Å². The minimum absolute atomic E-state index is 0.0510. The first-order valence-corrected chi connectivity index (χ1v) is 10.6. The van der Waals surface area contributed by atoms with Gasteiger partial charge in [0.25, 0.3) is 0 Å². The predicted molar refractivity (Wildman–Crippen MR) is 113 cm³/mol. The summed E-state index contributed by atoms with van der Waals surface area (Å²) in [6, 6.07) is 8.15. The van der Waals surface area contributed by atoms with E-state index in [0.717, 1.165) is 55.1 Å². The van der Waals surface area contributed by atoms with Crippen molar-refractivity contribution in [2.24, 2.45) is 4.99 Å². The minimum Gasteiger partial charge on any atom is -0.381 e. The van der Waals surface area contributed by atoms with E-state index >= 15 is 0 Å². The van der Waals surface area contributed by atoms with E-state index in [-0.39, 0.29) is 5.41 Å². The molecule has 0 amide bonds. The number of rotatable bonds is 6. The van der Waals surface area contributed by atoms with Crippen molar-refractivity contribution in [2.75, 3.05) is 26.3 Å². The fourth-order valence-corrected chi connectivity index (χ4v) is 4.46. The molecule has 1 saturated heterocycles. The Kier molecular flexibility index (Phi) is 7.10. The molecule has 0 radical (unpaired) electrons. The molecular weight excluding hydrogens is 380 g/mol. The van der Waals surface area contributed by atoms with Crippen LogP contribution < -0.4 is 10.6 Å². The Morgan fingerprint density at radius 3 is 2.74 bits per heavy atom. The third-order valence-corrected chi connectivity index (χ3v) is 6.10.